The van der Waals surface area contributed by atoms with Crippen LogP contribution in [0.2, 0.25) is 0 Å². The van der Waals surface area contributed by atoms with E-state index in [0.29, 0.717) is 6.61 Å². The lowest BCUT2D eigenvalue weighted by atomic mass is 10.1. The van der Waals surface area contributed by atoms with Crippen LogP contribution in [0.5, 0.6) is 0 Å². The Labute approximate surface area is 117 Å². The zero-order chi connectivity index (χ0) is 13.7. The lowest BCUT2D eigenvalue weighted by Crippen LogP contribution is -2.28. The summed E-state index contributed by atoms with van der Waals surface area (Å²) < 4.78 is 10.9. The maximum Gasteiger partial charge on any atom is 0.146 e. The van der Waals surface area contributed by atoms with Gasteiger partial charge in [0.1, 0.15) is 17.1 Å². The van der Waals surface area contributed by atoms with Gasteiger partial charge in [-0.3, -0.25) is 0 Å². The summed E-state index contributed by atoms with van der Waals surface area (Å²) in [5, 5.41) is 0. The minimum Gasteiger partial charge on any atom is -0.499 e. The molecule has 0 aliphatic carbocycles. The van der Waals surface area contributed by atoms with Crippen LogP contribution in [-0.4, -0.2) is 22.7 Å². The average molecular weight is 273 g/mol. The minimum absolute atomic E-state index is 0.129. The first-order valence-corrected chi connectivity index (χ1v) is 8.26. The molecule has 0 heterocycles. The molecule has 0 saturated heterocycles. The lowest BCUT2D eigenvalue weighted by molar-refractivity contribution is 0.0404. The fraction of sp³-hybridized carbons (Fsp3) is 0.867. The van der Waals surface area contributed by atoms with Crippen LogP contribution in [0, 0.1) is 0 Å². The summed E-state index contributed by atoms with van der Waals surface area (Å²) in [6, 6.07) is 0. The Morgan fingerprint density at radius 2 is 1.61 bits per heavy atom. The summed E-state index contributed by atoms with van der Waals surface area (Å²) in [5.41, 5.74) is -0.129. The van der Waals surface area contributed by atoms with Gasteiger partial charge < -0.3 is 9.16 Å². The van der Waals surface area contributed by atoms with Crippen LogP contribution in [-0.2, 0) is 9.16 Å². The molecule has 0 aromatic rings. The largest absolute Gasteiger partial charge is 0.499 e. The second-order valence-corrected chi connectivity index (χ2v) is 5.96. The van der Waals surface area contributed by atoms with Crippen molar-refractivity contribution in [3.05, 3.63) is 12.3 Å². The van der Waals surface area contributed by atoms with Crippen molar-refractivity contribution in [1.82, 2.24) is 0 Å². The molecule has 0 saturated carbocycles. The number of rotatable bonds is 12. The first kappa shape index (κ1) is 17.7. The molecule has 0 radical (unpaired) electrons. The molecule has 0 aliphatic heterocycles. The van der Waals surface area contributed by atoms with Crippen LogP contribution in [0.1, 0.15) is 72.1 Å². The predicted molar refractivity (Wildman–Crippen MR) is 82.8 cm³/mol. The van der Waals surface area contributed by atoms with E-state index >= 15 is 0 Å². The molecule has 0 atom stereocenters. The Balaban J connectivity index is 3.23. The van der Waals surface area contributed by atoms with E-state index in [0.717, 1.165) is 16.9 Å². The highest BCUT2D eigenvalue weighted by Crippen LogP contribution is 2.09. The third-order valence-electron chi connectivity index (χ3n) is 3.15. The van der Waals surface area contributed by atoms with E-state index in [-0.39, 0.29) is 5.60 Å². The Morgan fingerprint density at radius 1 is 1.00 bits per heavy atom. The molecule has 0 unspecified atom stereocenters. The molecule has 0 spiro atoms. The van der Waals surface area contributed by atoms with Crippen LogP contribution in [0.3, 0.4) is 0 Å². The highest BCUT2D eigenvalue weighted by molar-refractivity contribution is 5.98. The summed E-state index contributed by atoms with van der Waals surface area (Å²) in [4.78, 5) is 0. The van der Waals surface area contributed by atoms with Gasteiger partial charge in [-0.25, -0.2) is 0 Å². The van der Waals surface area contributed by atoms with E-state index in [1.54, 1.807) is 0 Å². The molecule has 3 heteroatoms. The maximum absolute atomic E-state index is 5.47. The van der Waals surface area contributed by atoms with Crippen molar-refractivity contribution in [2.45, 2.75) is 77.7 Å². The van der Waals surface area contributed by atoms with Crippen molar-refractivity contribution < 1.29 is 9.16 Å². The number of hydrogen-bond donors (Lipinski definition) is 0. The first-order chi connectivity index (χ1) is 8.62. The van der Waals surface area contributed by atoms with E-state index in [1.165, 1.54) is 44.9 Å². The Bertz CT molecular complexity index is 203. The van der Waals surface area contributed by atoms with Gasteiger partial charge in [-0.1, -0.05) is 45.4 Å². The predicted octanol–water partition coefficient (Wildman–Crippen LogP) is 3.73. The number of hydrogen-bond acceptors (Lipinski definition) is 2. The van der Waals surface area contributed by atoms with Gasteiger partial charge in [0.15, 0.2) is 0 Å². The van der Waals surface area contributed by atoms with Crippen molar-refractivity contribution in [3.63, 3.8) is 0 Å². The summed E-state index contributed by atoms with van der Waals surface area (Å²) >= 11 is 0. The number of allylic oxidation sites excluding steroid dienone is 1. The molecule has 0 aliphatic rings. The molecular formula is C15H32O2Si. The molecule has 0 rings (SSSR count). The zero-order valence-corrected chi connectivity index (χ0v) is 14.8. The summed E-state index contributed by atoms with van der Waals surface area (Å²) in [6.45, 7) is 7.02. The third kappa shape index (κ3) is 12.2. The van der Waals surface area contributed by atoms with Crippen molar-refractivity contribution in [1.29, 1.82) is 0 Å². The van der Waals surface area contributed by atoms with Gasteiger partial charge >= 0.3 is 0 Å². The topological polar surface area (TPSA) is 18.5 Å². The molecule has 0 fully saturated rings. The highest BCUT2D eigenvalue weighted by atomic mass is 28.2. The van der Waals surface area contributed by atoms with Crippen LogP contribution in [0.15, 0.2) is 12.3 Å². The second kappa shape index (κ2) is 11.8. The third-order valence-corrected chi connectivity index (χ3v) is 4.26. The fourth-order valence-electron chi connectivity index (χ4n) is 1.66. The van der Waals surface area contributed by atoms with Crippen molar-refractivity contribution >= 4 is 10.5 Å². The molecule has 0 bridgehead atoms. The molecule has 18 heavy (non-hydrogen) atoms. The summed E-state index contributed by atoms with van der Waals surface area (Å²) in [7, 11) is 0.764. The van der Waals surface area contributed by atoms with E-state index in [1.807, 2.05) is 6.26 Å². The Hall–Kier alpha value is -0.283. The first-order valence-electron chi connectivity index (χ1n) is 7.44. The summed E-state index contributed by atoms with van der Waals surface area (Å²) in [5.74, 6) is 0. The van der Waals surface area contributed by atoms with Crippen LogP contribution < -0.4 is 0 Å². The van der Waals surface area contributed by atoms with E-state index in [4.69, 9.17) is 9.16 Å². The Morgan fingerprint density at radius 3 is 2.22 bits per heavy atom. The number of ether oxygens (including phenoxy) is 1. The van der Waals surface area contributed by atoms with Crippen molar-refractivity contribution in [2.75, 3.05) is 6.61 Å². The average Bonchev–Trinajstić information content (AvgIpc) is 2.36. The smallest absolute Gasteiger partial charge is 0.146 e. The zero-order valence-electron chi connectivity index (χ0n) is 12.8. The van der Waals surface area contributed by atoms with E-state index < -0.39 is 0 Å². The van der Waals surface area contributed by atoms with E-state index in [9.17, 15) is 0 Å². The van der Waals surface area contributed by atoms with Crippen molar-refractivity contribution in [2.24, 2.45) is 0 Å². The monoisotopic (exact) mass is 272 g/mol. The van der Waals surface area contributed by atoms with Gasteiger partial charge in [0.2, 0.25) is 0 Å². The van der Waals surface area contributed by atoms with E-state index in [2.05, 4.69) is 26.8 Å². The van der Waals surface area contributed by atoms with Gasteiger partial charge in [-0.05, 0) is 32.8 Å². The second-order valence-electron chi connectivity index (χ2n) is 5.56. The quantitative estimate of drug-likeness (QED) is 0.306. The molecule has 0 aromatic heterocycles. The summed E-state index contributed by atoms with van der Waals surface area (Å²) in [6.07, 6.45) is 14.7. The van der Waals surface area contributed by atoms with Gasteiger partial charge in [0.25, 0.3) is 0 Å². The highest BCUT2D eigenvalue weighted by Gasteiger charge is 2.14. The van der Waals surface area contributed by atoms with Gasteiger partial charge in [0, 0.05) is 0 Å². The molecule has 108 valence electrons. The SMILES string of the molecule is CCCCCCCCC/C=C/OCC(C)(C)O[SiH3]. The van der Waals surface area contributed by atoms with Crippen molar-refractivity contribution in [3.8, 4) is 0 Å². The van der Waals surface area contributed by atoms with Gasteiger partial charge in [0.05, 0.1) is 11.9 Å². The molecule has 0 aromatic carbocycles. The molecule has 0 N–H and O–H groups in total. The van der Waals surface area contributed by atoms with Crippen LogP contribution in [0.25, 0.3) is 0 Å². The standard InChI is InChI=1S/C15H32O2Si/c1-4-5-6-7-8-9-10-11-12-13-16-14-15(2,3)17-18/h12-13H,4-11,14H2,1-3,18H3/b13-12+. The molecular weight excluding hydrogens is 240 g/mol. The maximum atomic E-state index is 5.47. The number of unbranched alkanes of at least 4 members (excludes halogenated alkanes) is 7. The lowest BCUT2D eigenvalue weighted by Gasteiger charge is -2.22. The van der Waals surface area contributed by atoms with Gasteiger partial charge in [-0.15, -0.1) is 0 Å². The fourth-order valence-corrected chi connectivity index (χ4v) is 1.78. The Kier molecular flexibility index (Phi) is 11.6. The minimum atomic E-state index is -0.129. The molecule has 2 nitrogen and oxygen atoms in total. The van der Waals surface area contributed by atoms with Crippen LogP contribution >= 0.6 is 0 Å². The van der Waals surface area contributed by atoms with Gasteiger partial charge in [-0.2, -0.15) is 0 Å². The van der Waals surface area contributed by atoms with Crippen LogP contribution in [0.4, 0.5) is 0 Å². The molecule has 0 amide bonds. The normalized spacial score (nSPS) is 12.4.